The number of aromatic nitrogens is 1. The molecule has 2 rings (SSSR count). The Morgan fingerprint density at radius 2 is 1.96 bits per heavy atom. The fraction of sp³-hybridized carbons (Fsp3) is 0.389. The van der Waals surface area contributed by atoms with E-state index in [9.17, 15) is 9.59 Å². The van der Waals surface area contributed by atoms with Gasteiger partial charge >= 0.3 is 5.97 Å². The van der Waals surface area contributed by atoms with E-state index >= 15 is 0 Å². The van der Waals surface area contributed by atoms with Crippen LogP contribution >= 0.6 is 22.9 Å². The molecule has 1 heterocycles. The van der Waals surface area contributed by atoms with Crippen LogP contribution in [0.15, 0.2) is 24.3 Å². The van der Waals surface area contributed by atoms with Crippen LogP contribution in [0.2, 0.25) is 5.02 Å². The van der Waals surface area contributed by atoms with E-state index in [0.29, 0.717) is 32.8 Å². The summed E-state index contributed by atoms with van der Waals surface area (Å²) in [6, 6.07) is 7.01. The zero-order chi connectivity index (χ0) is 19.3. The molecule has 26 heavy (non-hydrogen) atoms. The number of carboxylic acids is 1. The monoisotopic (exact) mass is 396 g/mol. The second kappa shape index (κ2) is 8.51. The molecule has 0 aliphatic rings. The molecule has 0 radical (unpaired) electrons. The molecule has 2 aromatic rings. The summed E-state index contributed by atoms with van der Waals surface area (Å²) in [7, 11) is 0. The quantitative estimate of drug-likeness (QED) is 0.702. The number of carbonyl (C=O) groups excluding carboxylic acids is 1. The van der Waals surface area contributed by atoms with Crippen LogP contribution in [0.5, 0.6) is 5.75 Å². The second-order valence-electron chi connectivity index (χ2n) is 6.50. The molecule has 8 heteroatoms. The number of hydrogen-bond donors (Lipinski definition) is 2. The topological polar surface area (TPSA) is 88.5 Å². The van der Waals surface area contributed by atoms with E-state index in [1.165, 1.54) is 11.3 Å². The molecule has 6 nitrogen and oxygen atoms in total. The number of thiazole rings is 1. The molecule has 1 aromatic carbocycles. The molecule has 0 saturated carbocycles. The smallest absolute Gasteiger partial charge is 0.303 e. The van der Waals surface area contributed by atoms with Crippen LogP contribution in [-0.2, 0) is 11.4 Å². The summed E-state index contributed by atoms with van der Waals surface area (Å²) < 4.78 is 5.65. The third-order valence-electron chi connectivity index (χ3n) is 3.64. The van der Waals surface area contributed by atoms with Crippen molar-refractivity contribution in [3.63, 3.8) is 0 Å². The van der Waals surface area contributed by atoms with Gasteiger partial charge in [0.2, 0.25) is 0 Å². The molecule has 0 aliphatic carbocycles. The lowest BCUT2D eigenvalue weighted by Gasteiger charge is -2.25. The number of nitrogens with one attached hydrogen (secondary N) is 1. The van der Waals surface area contributed by atoms with Gasteiger partial charge in [-0.05, 0) is 51.5 Å². The Bertz CT molecular complexity index is 787. The highest BCUT2D eigenvalue weighted by Gasteiger charge is 2.24. The third-order valence-corrected chi connectivity index (χ3v) is 5.02. The van der Waals surface area contributed by atoms with Gasteiger partial charge in [0.15, 0.2) is 0 Å². The maximum Gasteiger partial charge on any atom is 0.303 e. The molecule has 0 spiro atoms. The first kappa shape index (κ1) is 20.2. The average molecular weight is 397 g/mol. The Labute approximate surface area is 161 Å². The molecule has 140 valence electrons. The fourth-order valence-electron chi connectivity index (χ4n) is 2.25. The Morgan fingerprint density at radius 3 is 2.58 bits per heavy atom. The molecule has 0 atom stereocenters. The van der Waals surface area contributed by atoms with Crippen LogP contribution in [0.3, 0.4) is 0 Å². The van der Waals surface area contributed by atoms with Crippen LogP contribution in [-0.4, -0.2) is 27.5 Å². The Hall–Kier alpha value is -2.12. The van der Waals surface area contributed by atoms with Crippen molar-refractivity contribution in [1.29, 1.82) is 0 Å². The van der Waals surface area contributed by atoms with Crippen molar-refractivity contribution in [3.8, 4) is 5.75 Å². The number of carboxylic acid groups (broad SMARTS) is 1. The summed E-state index contributed by atoms with van der Waals surface area (Å²) in [6.45, 7) is 5.62. The number of rotatable bonds is 8. The standard InChI is InChI=1S/C18H21ClN2O4S/c1-11-16(17(24)21-18(2,3)9-8-15(22)23)26-14(20-11)10-25-13-6-4-12(19)5-7-13/h4-7H,8-10H2,1-3H3,(H,21,24)(H,22,23). The van der Waals surface area contributed by atoms with Crippen LogP contribution in [0.4, 0.5) is 0 Å². The van der Waals surface area contributed by atoms with Crippen molar-refractivity contribution in [2.75, 3.05) is 0 Å². The number of ether oxygens (including phenoxy) is 1. The number of benzene rings is 1. The number of hydrogen-bond acceptors (Lipinski definition) is 5. The van der Waals surface area contributed by atoms with Gasteiger partial charge < -0.3 is 15.2 Å². The van der Waals surface area contributed by atoms with Gasteiger partial charge in [-0.3, -0.25) is 9.59 Å². The lowest BCUT2D eigenvalue weighted by atomic mass is 9.98. The first-order valence-electron chi connectivity index (χ1n) is 8.05. The first-order valence-corrected chi connectivity index (χ1v) is 9.25. The predicted molar refractivity (Wildman–Crippen MR) is 101 cm³/mol. The summed E-state index contributed by atoms with van der Waals surface area (Å²) >= 11 is 7.10. The van der Waals surface area contributed by atoms with E-state index in [-0.39, 0.29) is 18.9 Å². The van der Waals surface area contributed by atoms with Gasteiger partial charge in [-0.2, -0.15) is 0 Å². The number of aryl methyl sites for hydroxylation is 1. The molecular weight excluding hydrogens is 376 g/mol. The molecule has 1 amide bonds. The summed E-state index contributed by atoms with van der Waals surface area (Å²) in [5, 5.41) is 13.0. The minimum Gasteiger partial charge on any atom is -0.486 e. The highest BCUT2D eigenvalue weighted by Crippen LogP contribution is 2.22. The minimum atomic E-state index is -0.886. The van der Waals surface area contributed by atoms with Crippen molar-refractivity contribution >= 4 is 34.8 Å². The number of amides is 1. The highest BCUT2D eigenvalue weighted by molar-refractivity contribution is 7.13. The number of nitrogens with zero attached hydrogens (tertiary/aromatic N) is 1. The average Bonchev–Trinajstić information content (AvgIpc) is 2.93. The van der Waals surface area contributed by atoms with Crippen LogP contribution in [0, 0.1) is 6.92 Å². The molecule has 1 aromatic heterocycles. The number of carbonyl (C=O) groups is 2. The van der Waals surface area contributed by atoms with E-state index in [4.69, 9.17) is 21.4 Å². The molecule has 0 bridgehead atoms. The predicted octanol–water partition coefficient (Wildman–Crippen LogP) is 4.06. The zero-order valence-corrected chi connectivity index (χ0v) is 16.4. The van der Waals surface area contributed by atoms with E-state index < -0.39 is 11.5 Å². The molecule has 0 aliphatic heterocycles. The molecule has 0 unspecified atom stereocenters. The van der Waals surface area contributed by atoms with Crippen LogP contribution in [0.1, 0.15) is 47.1 Å². The summed E-state index contributed by atoms with van der Waals surface area (Å²) in [6.07, 6.45) is 0.341. The molecule has 0 saturated heterocycles. The third kappa shape index (κ3) is 6.00. The van der Waals surface area contributed by atoms with Gasteiger partial charge in [0, 0.05) is 17.0 Å². The van der Waals surface area contributed by atoms with E-state index in [1.807, 2.05) is 0 Å². The number of aliphatic carboxylic acids is 1. The summed E-state index contributed by atoms with van der Waals surface area (Å²) in [4.78, 5) is 28.1. The largest absolute Gasteiger partial charge is 0.486 e. The van der Waals surface area contributed by atoms with Gasteiger partial charge in [-0.1, -0.05) is 11.6 Å². The Kier molecular flexibility index (Phi) is 6.61. The second-order valence-corrected chi connectivity index (χ2v) is 8.02. The number of halogens is 1. The van der Waals surface area contributed by atoms with Crippen molar-refractivity contribution in [1.82, 2.24) is 10.3 Å². The van der Waals surface area contributed by atoms with Gasteiger partial charge in [-0.15, -0.1) is 11.3 Å². The lowest BCUT2D eigenvalue weighted by Crippen LogP contribution is -2.43. The van der Waals surface area contributed by atoms with Crippen molar-refractivity contribution < 1.29 is 19.4 Å². The Balaban J connectivity index is 1.98. The maximum atomic E-state index is 12.5. The van der Waals surface area contributed by atoms with Gasteiger partial charge in [0.1, 0.15) is 22.2 Å². The summed E-state index contributed by atoms with van der Waals surface area (Å²) in [5.74, 6) is -0.473. The fourth-order valence-corrected chi connectivity index (χ4v) is 3.25. The molecule has 2 N–H and O–H groups in total. The zero-order valence-electron chi connectivity index (χ0n) is 14.8. The summed E-state index contributed by atoms with van der Waals surface area (Å²) in [5.41, 5.74) is 0.00235. The lowest BCUT2D eigenvalue weighted by molar-refractivity contribution is -0.137. The Morgan fingerprint density at radius 1 is 1.31 bits per heavy atom. The van der Waals surface area contributed by atoms with Crippen LogP contribution < -0.4 is 10.1 Å². The molecular formula is C18H21ClN2O4S. The van der Waals surface area contributed by atoms with Gasteiger partial charge in [0.25, 0.3) is 5.91 Å². The minimum absolute atomic E-state index is 0.00483. The normalized spacial score (nSPS) is 11.2. The van der Waals surface area contributed by atoms with Crippen molar-refractivity contribution in [2.24, 2.45) is 0 Å². The van der Waals surface area contributed by atoms with E-state index in [0.717, 1.165) is 0 Å². The maximum absolute atomic E-state index is 12.5. The van der Waals surface area contributed by atoms with Gasteiger partial charge in [-0.25, -0.2) is 4.98 Å². The van der Waals surface area contributed by atoms with Gasteiger partial charge in [0.05, 0.1) is 5.69 Å². The van der Waals surface area contributed by atoms with Crippen molar-refractivity contribution in [3.05, 3.63) is 44.9 Å². The molecule has 0 fully saturated rings. The van der Waals surface area contributed by atoms with E-state index in [2.05, 4.69) is 10.3 Å². The van der Waals surface area contributed by atoms with E-state index in [1.54, 1.807) is 45.0 Å². The SMILES string of the molecule is Cc1nc(COc2ccc(Cl)cc2)sc1C(=O)NC(C)(C)CCC(=O)O. The van der Waals surface area contributed by atoms with Crippen molar-refractivity contribution in [2.45, 2.75) is 45.8 Å². The first-order chi connectivity index (χ1) is 12.2. The van der Waals surface area contributed by atoms with Crippen LogP contribution in [0.25, 0.3) is 0 Å². The highest BCUT2D eigenvalue weighted by atomic mass is 35.5.